The van der Waals surface area contributed by atoms with Crippen molar-refractivity contribution in [3.05, 3.63) is 27.7 Å². The number of hydrogen-bond acceptors (Lipinski definition) is 3. The second-order valence-electron chi connectivity index (χ2n) is 5.18. The number of hydrogen-bond donors (Lipinski definition) is 1. The molecule has 1 aliphatic carbocycles. The number of fused-ring (bicyclic) bond motifs is 1. The summed E-state index contributed by atoms with van der Waals surface area (Å²) in [6.07, 6.45) is 1.97. The lowest BCUT2D eigenvalue weighted by Crippen LogP contribution is -2.41. The summed E-state index contributed by atoms with van der Waals surface area (Å²) in [6.45, 7) is 1.72. The van der Waals surface area contributed by atoms with Crippen LogP contribution in [0, 0.1) is 6.92 Å². The Kier molecular flexibility index (Phi) is 3.12. The molecule has 104 valence electrons. The van der Waals surface area contributed by atoms with Crippen molar-refractivity contribution in [2.45, 2.75) is 25.8 Å². The molecule has 2 aliphatic rings. The smallest absolute Gasteiger partial charge is 0.299 e. The van der Waals surface area contributed by atoms with E-state index in [0.717, 1.165) is 22.9 Å². The Hall–Kier alpha value is -1.69. The van der Waals surface area contributed by atoms with Crippen molar-refractivity contribution in [3.63, 3.8) is 0 Å². The minimum Gasteiger partial charge on any atom is -0.352 e. The number of carbonyl (C=O) groups is 3. The highest BCUT2D eigenvalue weighted by Crippen LogP contribution is 2.34. The summed E-state index contributed by atoms with van der Waals surface area (Å²) >= 11 is 3.31. The molecule has 0 aromatic heterocycles. The highest BCUT2D eigenvalue weighted by Gasteiger charge is 2.38. The first-order chi connectivity index (χ1) is 9.47. The number of aryl methyl sites for hydroxylation is 1. The molecule has 0 radical (unpaired) electrons. The normalized spacial score (nSPS) is 17.4. The van der Waals surface area contributed by atoms with E-state index in [1.807, 2.05) is 13.0 Å². The number of nitrogens with zero attached hydrogens (tertiary/aromatic N) is 1. The first kappa shape index (κ1) is 13.3. The average molecular weight is 337 g/mol. The summed E-state index contributed by atoms with van der Waals surface area (Å²) in [7, 11) is 0. The minimum atomic E-state index is -0.632. The monoisotopic (exact) mass is 336 g/mol. The molecule has 5 nitrogen and oxygen atoms in total. The van der Waals surface area contributed by atoms with Crippen LogP contribution in [-0.2, 0) is 9.59 Å². The van der Waals surface area contributed by atoms with Crippen molar-refractivity contribution < 1.29 is 14.4 Å². The molecule has 0 spiro atoms. The highest BCUT2D eigenvalue weighted by atomic mass is 79.9. The lowest BCUT2D eigenvalue weighted by Gasteiger charge is -2.18. The molecule has 3 rings (SSSR count). The SMILES string of the molecule is Cc1cc(Br)cc2c1N(CC(=O)NC1CC1)C(=O)C2=O. The van der Waals surface area contributed by atoms with Crippen LogP contribution < -0.4 is 10.2 Å². The summed E-state index contributed by atoms with van der Waals surface area (Å²) in [5.41, 5.74) is 1.71. The summed E-state index contributed by atoms with van der Waals surface area (Å²) in [4.78, 5) is 37.2. The van der Waals surface area contributed by atoms with E-state index in [1.54, 1.807) is 6.07 Å². The average Bonchev–Trinajstić information content (AvgIpc) is 3.14. The Labute approximate surface area is 124 Å². The summed E-state index contributed by atoms with van der Waals surface area (Å²) < 4.78 is 0.749. The maximum Gasteiger partial charge on any atom is 0.299 e. The van der Waals surface area contributed by atoms with Crippen LogP contribution in [0.25, 0.3) is 0 Å². The van der Waals surface area contributed by atoms with E-state index in [0.29, 0.717) is 11.3 Å². The van der Waals surface area contributed by atoms with Crippen LogP contribution in [0.1, 0.15) is 28.8 Å². The van der Waals surface area contributed by atoms with E-state index < -0.39 is 11.7 Å². The molecule has 0 saturated heterocycles. The topological polar surface area (TPSA) is 66.5 Å². The number of halogens is 1. The van der Waals surface area contributed by atoms with Gasteiger partial charge in [-0.1, -0.05) is 15.9 Å². The molecule has 1 saturated carbocycles. The van der Waals surface area contributed by atoms with Crippen molar-refractivity contribution in [2.75, 3.05) is 11.4 Å². The first-order valence-corrected chi connectivity index (χ1v) is 7.22. The van der Waals surface area contributed by atoms with E-state index in [-0.39, 0.29) is 18.5 Å². The van der Waals surface area contributed by atoms with Crippen LogP contribution in [-0.4, -0.2) is 30.2 Å². The van der Waals surface area contributed by atoms with Gasteiger partial charge in [0.25, 0.3) is 11.7 Å². The van der Waals surface area contributed by atoms with E-state index in [4.69, 9.17) is 0 Å². The molecular formula is C14H13BrN2O3. The highest BCUT2D eigenvalue weighted by molar-refractivity contribution is 9.10. The van der Waals surface area contributed by atoms with Crippen LogP contribution in [0.15, 0.2) is 16.6 Å². The molecule has 1 aliphatic heterocycles. The second kappa shape index (κ2) is 4.70. The van der Waals surface area contributed by atoms with Crippen LogP contribution in [0.4, 0.5) is 5.69 Å². The van der Waals surface area contributed by atoms with Crippen molar-refractivity contribution in [1.82, 2.24) is 5.32 Å². The molecule has 1 aromatic carbocycles. The molecule has 1 fully saturated rings. The number of amides is 2. The van der Waals surface area contributed by atoms with Gasteiger partial charge in [-0.3, -0.25) is 19.3 Å². The number of carbonyl (C=O) groups excluding carboxylic acids is 3. The Bertz CT molecular complexity index is 638. The fourth-order valence-electron chi connectivity index (χ4n) is 2.40. The van der Waals surface area contributed by atoms with Crippen molar-refractivity contribution in [2.24, 2.45) is 0 Å². The maximum atomic E-state index is 12.0. The van der Waals surface area contributed by atoms with Crippen LogP contribution in [0.2, 0.25) is 0 Å². The van der Waals surface area contributed by atoms with Gasteiger partial charge < -0.3 is 5.32 Å². The number of anilines is 1. The zero-order chi connectivity index (χ0) is 14.4. The Morgan fingerprint density at radius 3 is 2.75 bits per heavy atom. The number of ketones is 1. The lowest BCUT2D eigenvalue weighted by molar-refractivity contribution is -0.122. The van der Waals surface area contributed by atoms with Crippen LogP contribution in [0.5, 0.6) is 0 Å². The Morgan fingerprint density at radius 2 is 2.10 bits per heavy atom. The van der Waals surface area contributed by atoms with Gasteiger partial charge in [0.2, 0.25) is 5.91 Å². The third kappa shape index (κ3) is 2.24. The molecule has 1 heterocycles. The largest absolute Gasteiger partial charge is 0.352 e. The maximum absolute atomic E-state index is 12.0. The second-order valence-corrected chi connectivity index (χ2v) is 6.10. The van der Waals surface area contributed by atoms with Gasteiger partial charge in [0.1, 0.15) is 6.54 Å². The molecule has 0 atom stereocenters. The number of nitrogens with one attached hydrogen (secondary N) is 1. The molecule has 1 aromatic rings. The minimum absolute atomic E-state index is 0.101. The van der Waals surface area contributed by atoms with Gasteiger partial charge in [0, 0.05) is 10.5 Å². The number of benzene rings is 1. The zero-order valence-electron chi connectivity index (χ0n) is 10.9. The van der Waals surface area contributed by atoms with Gasteiger partial charge in [-0.25, -0.2) is 0 Å². The van der Waals surface area contributed by atoms with Crippen molar-refractivity contribution in [3.8, 4) is 0 Å². The van der Waals surface area contributed by atoms with Crippen molar-refractivity contribution in [1.29, 1.82) is 0 Å². The van der Waals surface area contributed by atoms with Gasteiger partial charge in [-0.2, -0.15) is 0 Å². The predicted molar refractivity (Wildman–Crippen MR) is 76.7 cm³/mol. The number of Topliss-reactive ketones (excluding diaryl/α,β-unsaturated/α-hetero) is 1. The van der Waals surface area contributed by atoms with Gasteiger partial charge >= 0.3 is 0 Å². The standard InChI is InChI=1S/C14H13BrN2O3/c1-7-4-8(15)5-10-12(7)17(14(20)13(10)19)6-11(18)16-9-2-3-9/h4-5,9H,2-3,6H2,1H3,(H,16,18). The zero-order valence-corrected chi connectivity index (χ0v) is 12.5. The van der Waals surface area contributed by atoms with Gasteiger partial charge in [-0.15, -0.1) is 0 Å². The van der Waals surface area contributed by atoms with Gasteiger partial charge in [0.05, 0.1) is 11.3 Å². The summed E-state index contributed by atoms with van der Waals surface area (Å²) in [6, 6.07) is 3.69. The lowest BCUT2D eigenvalue weighted by atomic mass is 10.1. The number of rotatable bonds is 3. The Morgan fingerprint density at radius 1 is 1.40 bits per heavy atom. The van der Waals surface area contributed by atoms with Gasteiger partial charge in [-0.05, 0) is 37.5 Å². The molecule has 0 unspecified atom stereocenters. The molecular weight excluding hydrogens is 324 g/mol. The predicted octanol–water partition coefficient (Wildman–Crippen LogP) is 1.57. The Balaban J connectivity index is 1.91. The molecule has 1 N–H and O–H groups in total. The molecule has 6 heteroatoms. The van der Waals surface area contributed by atoms with Gasteiger partial charge in [0.15, 0.2) is 0 Å². The fraction of sp³-hybridized carbons (Fsp3) is 0.357. The quantitative estimate of drug-likeness (QED) is 0.852. The van der Waals surface area contributed by atoms with E-state index in [9.17, 15) is 14.4 Å². The fourth-order valence-corrected chi connectivity index (χ4v) is 2.97. The molecule has 2 amide bonds. The van der Waals surface area contributed by atoms with E-state index in [2.05, 4.69) is 21.2 Å². The third-order valence-electron chi connectivity index (χ3n) is 3.46. The van der Waals surface area contributed by atoms with E-state index in [1.165, 1.54) is 4.90 Å². The molecule has 0 bridgehead atoms. The summed E-state index contributed by atoms with van der Waals surface area (Å²) in [5, 5.41) is 2.82. The molecule has 20 heavy (non-hydrogen) atoms. The van der Waals surface area contributed by atoms with Crippen LogP contribution >= 0.6 is 15.9 Å². The third-order valence-corrected chi connectivity index (χ3v) is 3.92. The van der Waals surface area contributed by atoms with Crippen LogP contribution in [0.3, 0.4) is 0 Å². The summed E-state index contributed by atoms with van der Waals surface area (Å²) in [5.74, 6) is -1.40. The first-order valence-electron chi connectivity index (χ1n) is 6.43. The van der Waals surface area contributed by atoms with Crippen molar-refractivity contribution >= 4 is 39.2 Å². The van der Waals surface area contributed by atoms with E-state index >= 15 is 0 Å².